The van der Waals surface area contributed by atoms with E-state index in [4.69, 9.17) is 11.6 Å². The lowest BCUT2D eigenvalue weighted by atomic mass is 10.1. The van der Waals surface area contributed by atoms with Crippen molar-refractivity contribution in [1.29, 1.82) is 0 Å². The van der Waals surface area contributed by atoms with Crippen LogP contribution in [0.25, 0.3) is 0 Å². The highest BCUT2D eigenvalue weighted by Crippen LogP contribution is 2.32. The van der Waals surface area contributed by atoms with E-state index < -0.39 is 29.4 Å². The van der Waals surface area contributed by atoms with Crippen LogP contribution in [0.1, 0.15) is 17.3 Å². The van der Waals surface area contributed by atoms with Crippen LogP contribution in [0.4, 0.5) is 28.9 Å². The number of hydrogen-bond donors (Lipinski definition) is 3. The molecule has 2 rings (SSSR count). The lowest BCUT2D eigenvalue weighted by Gasteiger charge is -2.25. The first-order valence-electron chi connectivity index (χ1n) is 7.39. The zero-order valence-corrected chi connectivity index (χ0v) is 14.5. The fourth-order valence-electron chi connectivity index (χ4n) is 1.90. The Hall–Kier alpha value is -2.65. The molecule has 2 aromatic rings. The van der Waals surface area contributed by atoms with E-state index in [9.17, 15) is 32.3 Å². The second-order valence-electron chi connectivity index (χ2n) is 5.68. The van der Waals surface area contributed by atoms with Crippen LogP contribution < -0.4 is 10.6 Å². The Kier molecular flexibility index (Phi) is 5.76. The van der Waals surface area contributed by atoms with Crippen molar-refractivity contribution in [3.63, 3.8) is 0 Å². The largest absolute Gasteiger partial charge is 0.426 e. The topological polar surface area (TPSA) is 78.4 Å². The summed E-state index contributed by atoms with van der Waals surface area (Å²) in [5.74, 6) is -2.93. The lowest BCUT2D eigenvalue weighted by molar-refractivity contribution is -0.242. The van der Waals surface area contributed by atoms with Gasteiger partial charge in [-0.3, -0.25) is 9.59 Å². The summed E-state index contributed by atoms with van der Waals surface area (Å²) in [6, 6.07) is 8.53. The molecule has 27 heavy (non-hydrogen) atoms. The Morgan fingerprint density at radius 2 is 1.74 bits per heavy atom. The van der Waals surface area contributed by atoms with Crippen LogP contribution in [0.15, 0.2) is 42.5 Å². The summed E-state index contributed by atoms with van der Waals surface area (Å²) in [5.41, 5.74) is -3.64. The van der Waals surface area contributed by atoms with Crippen LogP contribution in [0.5, 0.6) is 0 Å². The average Bonchev–Trinajstić information content (AvgIpc) is 2.55. The summed E-state index contributed by atoms with van der Waals surface area (Å²) in [7, 11) is 0. The maximum Gasteiger partial charge on any atom is 0.426 e. The van der Waals surface area contributed by atoms with Gasteiger partial charge in [0.1, 0.15) is 5.82 Å². The second kappa shape index (κ2) is 7.53. The minimum atomic E-state index is -5.19. The number of carbonyl (C=O) groups excluding carboxylic acids is 2. The van der Waals surface area contributed by atoms with Crippen LogP contribution in [-0.2, 0) is 4.79 Å². The second-order valence-corrected chi connectivity index (χ2v) is 6.09. The SMILES string of the molecule is CC(O)(C(=O)Nc1ccc(C(=O)Nc2cccc(F)c2)cc1Cl)C(F)(F)F. The molecule has 0 fully saturated rings. The molecule has 144 valence electrons. The number of anilines is 2. The molecule has 5 nitrogen and oxygen atoms in total. The Morgan fingerprint density at radius 1 is 1.07 bits per heavy atom. The van der Waals surface area contributed by atoms with E-state index in [-0.39, 0.29) is 22.0 Å². The van der Waals surface area contributed by atoms with E-state index >= 15 is 0 Å². The third-order valence-electron chi connectivity index (χ3n) is 3.56. The fourth-order valence-corrected chi connectivity index (χ4v) is 2.13. The number of halogens is 5. The molecule has 0 aliphatic rings. The summed E-state index contributed by atoms with van der Waals surface area (Å²) >= 11 is 5.89. The van der Waals surface area contributed by atoms with Crippen molar-refractivity contribution in [3.05, 3.63) is 58.9 Å². The lowest BCUT2D eigenvalue weighted by Crippen LogP contribution is -2.52. The number of alkyl halides is 3. The number of aliphatic hydroxyl groups is 1. The zero-order chi connectivity index (χ0) is 20.4. The Balaban J connectivity index is 2.15. The predicted octanol–water partition coefficient (Wildman–Crippen LogP) is 3.98. The Morgan fingerprint density at radius 3 is 2.30 bits per heavy atom. The molecule has 0 aliphatic carbocycles. The first-order valence-corrected chi connectivity index (χ1v) is 7.76. The molecule has 0 aliphatic heterocycles. The van der Waals surface area contributed by atoms with Gasteiger partial charge in [0.15, 0.2) is 0 Å². The average molecular weight is 405 g/mol. The first kappa shape index (κ1) is 20.7. The summed E-state index contributed by atoms with van der Waals surface area (Å²) in [6.45, 7) is 0.303. The van der Waals surface area contributed by atoms with Gasteiger partial charge in [-0.05, 0) is 43.3 Å². The molecule has 0 aromatic heterocycles. The number of rotatable bonds is 4. The number of benzene rings is 2. The third-order valence-corrected chi connectivity index (χ3v) is 3.87. The van der Waals surface area contributed by atoms with Gasteiger partial charge in [-0.25, -0.2) is 4.39 Å². The molecular formula is C17H13ClF4N2O3. The van der Waals surface area contributed by atoms with Gasteiger partial charge in [-0.2, -0.15) is 13.2 Å². The number of carbonyl (C=O) groups is 2. The van der Waals surface area contributed by atoms with Crippen molar-refractivity contribution in [2.24, 2.45) is 0 Å². The van der Waals surface area contributed by atoms with Crippen molar-refractivity contribution in [2.75, 3.05) is 10.6 Å². The van der Waals surface area contributed by atoms with Crippen LogP contribution in [0.3, 0.4) is 0 Å². The molecule has 3 N–H and O–H groups in total. The van der Waals surface area contributed by atoms with E-state index in [0.717, 1.165) is 18.2 Å². The summed E-state index contributed by atoms with van der Waals surface area (Å²) < 4.78 is 51.1. The van der Waals surface area contributed by atoms with Crippen LogP contribution >= 0.6 is 11.6 Å². The molecule has 0 saturated carbocycles. The van der Waals surface area contributed by atoms with Crippen LogP contribution in [0.2, 0.25) is 5.02 Å². The Bertz CT molecular complexity index is 885. The molecule has 1 unspecified atom stereocenters. The van der Waals surface area contributed by atoms with Gasteiger partial charge in [0, 0.05) is 11.3 Å². The van der Waals surface area contributed by atoms with E-state index in [1.165, 1.54) is 24.3 Å². The van der Waals surface area contributed by atoms with Crippen molar-refractivity contribution in [1.82, 2.24) is 0 Å². The highest BCUT2D eigenvalue weighted by molar-refractivity contribution is 6.34. The molecular weight excluding hydrogens is 392 g/mol. The number of hydrogen-bond acceptors (Lipinski definition) is 3. The van der Waals surface area contributed by atoms with E-state index in [2.05, 4.69) is 5.32 Å². The molecule has 0 heterocycles. The first-order chi connectivity index (χ1) is 12.4. The van der Waals surface area contributed by atoms with Gasteiger partial charge in [-0.15, -0.1) is 0 Å². The monoisotopic (exact) mass is 404 g/mol. The Labute approximate surface area is 155 Å². The molecule has 2 amide bonds. The van der Waals surface area contributed by atoms with Crippen molar-refractivity contribution >= 4 is 34.8 Å². The number of nitrogens with one attached hydrogen (secondary N) is 2. The van der Waals surface area contributed by atoms with Gasteiger partial charge in [0.2, 0.25) is 5.60 Å². The van der Waals surface area contributed by atoms with Gasteiger partial charge >= 0.3 is 6.18 Å². The summed E-state index contributed by atoms with van der Waals surface area (Å²) in [4.78, 5) is 23.8. The maximum atomic E-state index is 13.1. The van der Waals surface area contributed by atoms with Crippen molar-refractivity contribution < 1.29 is 32.3 Å². The maximum absolute atomic E-state index is 13.1. The van der Waals surface area contributed by atoms with Crippen LogP contribution in [0, 0.1) is 5.82 Å². The normalized spacial score (nSPS) is 13.6. The van der Waals surface area contributed by atoms with E-state index in [1.54, 1.807) is 0 Å². The van der Waals surface area contributed by atoms with Gasteiger partial charge in [0.05, 0.1) is 10.7 Å². The predicted molar refractivity (Wildman–Crippen MR) is 91.1 cm³/mol. The summed E-state index contributed by atoms with van der Waals surface area (Å²) in [5, 5.41) is 13.4. The molecule has 0 bridgehead atoms. The fraction of sp³-hybridized carbons (Fsp3) is 0.176. The van der Waals surface area contributed by atoms with E-state index in [0.29, 0.717) is 6.92 Å². The van der Waals surface area contributed by atoms with Gasteiger partial charge in [-0.1, -0.05) is 17.7 Å². The molecule has 0 saturated heterocycles. The van der Waals surface area contributed by atoms with Gasteiger partial charge < -0.3 is 15.7 Å². The quantitative estimate of drug-likeness (QED) is 0.674. The molecule has 2 aromatic carbocycles. The number of amides is 2. The van der Waals surface area contributed by atoms with Crippen molar-refractivity contribution in [3.8, 4) is 0 Å². The standard InChI is InChI=1S/C17H13ClF4N2O3/c1-16(27,17(20,21)22)15(26)24-13-6-5-9(7-12(13)18)14(25)23-11-4-2-3-10(19)8-11/h2-8,27H,1H3,(H,23,25)(H,24,26). The molecule has 10 heteroatoms. The molecule has 1 atom stereocenters. The molecule has 0 spiro atoms. The highest BCUT2D eigenvalue weighted by Gasteiger charge is 2.55. The van der Waals surface area contributed by atoms with E-state index in [1.807, 2.05) is 5.32 Å². The molecule has 0 radical (unpaired) electrons. The third kappa shape index (κ3) is 4.75. The minimum absolute atomic E-state index is 0.0184. The van der Waals surface area contributed by atoms with Crippen LogP contribution in [-0.4, -0.2) is 28.7 Å². The highest BCUT2D eigenvalue weighted by atomic mass is 35.5. The zero-order valence-electron chi connectivity index (χ0n) is 13.7. The van der Waals surface area contributed by atoms with Crippen molar-refractivity contribution in [2.45, 2.75) is 18.7 Å². The van der Waals surface area contributed by atoms with Gasteiger partial charge in [0.25, 0.3) is 11.8 Å². The smallest absolute Gasteiger partial charge is 0.373 e. The summed E-state index contributed by atoms with van der Waals surface area (Å²) in [6.07, 6.45) is -5.19. The minimum Gasteiger partial charge on any atom is -0.373 e.